The van der Waals surface area contributed by atoms with Crippen molar-refractivity contribution < 1.29 is 0 Å². The maximum absolute atomic E-state index is 8.78. The van der Waals surface area contributed by atoms with Gasteiger partial charge >= 0.3 is 0 Å². The fourth-order valence-corrected chi connectivity index (χ4v) is 2.01. The molecule has 0 aliphatic rings. The van der Waals surface area contributed by atoms with Gasteiger partial charge in [0.05, 0.1) is 5.56 Å². The highest BCUT2D eigenvalue weighted by molar-refractivity contribution is 9.10. The van der Waals surface area contributed by atoms with Crippen molar-refractivity contribution in [2.24, 2.45) is 0 Å². The lowest BCUT2D eigenvalue weighted by molar-refractivity contribution is 1.27. The van der Waals surface area contributed by atoms with Crippen molar-refractivity contribution in [3.63, 3.8) is 0 Å². The highest BCUT2D eigenvalue weighted by Gasteiger charge is 2.00. The Kier molecular flexibility index (Phi) is 3.18. The van der Waals surface area contributed by atoms with E-state index in [-0.39, 0.29) is 0 Å². The minimum absolute atomic E-state index is 0.472. The molecule has 2 nitrogen and oxygen atoms in total. The Morgan fingerprint density at radius 2 is 2.06 bits per heavy atom. The number of nitriles is 1. The Bertz CT molecular complexity index is 625. The van der Waals surface area contributed by atoms with E-state index in [2.05, 4.69) is 20.9 Å². The summed E-state index contributed by atoms with van der Waals surface area (Å²) in [5.41, 5.74) is 2.43. The van der Waals surface area contributed by atoms with Crippen LogP contribution in [0.5, 0.6) is 0 Å². The van der Waals surface area contributed by atoms with Crippen LogP contribution in [0.2, 0.25) is 0 Å². The van der Waals surface area contributed by atoms with Crippen LogP contribution in [0.3, 0.4) is 0 Å². The third-order valence-electron chi connectivity index (χ3n) is 2.17. The Hall–Kier alpha value is -1.44. The van der Waals surface area contributed by atoms with Gasteiger partial charge in [-0.05, 0) is 29.8 Å². The maximum Gasteiger partial charge on any atom is 0.121 e. The first-order chi connectivity index (χ1) is 7.70. The number of nitrogens with zero attached hydrogens (tertiary/aromatic N) is 1. The molecule has 2 rings (SSSR count). The molecule has 0 fully saturated rings. The zero-order valence-electron chi connectivity index (χ0n) is 8.20. The lowest BCUT2D eigenvalue weighted by atomic mass is 10.1. The summed E-state index contributed by atoms with van der Waals surface area (Å²) in [7, 11) is 0. The van der Waals surface area contributed by atoms with Gasteiger partial charge in [-0.25, -0.2) is 0 Å². The molecule has 0 unspecified atom stereocenters. The van der Waals surface area contributed by atoms with Gasteiger partial charge in [0.1, 0.15) is 10.7 Å². The van der Waals surface area contributed by atoms with Gasteiger partial charge in [-0.15, -0.1) is 0 Å². The first-order valence-corrected chi connectivity index (χ1v) is 5.80. The summed E-state index contributed by atoms with van der Waals surface area (Å²) in [6.07, 6.45) is 0. The quantitative estimate of drug-likeness (QED) is 0.805. The second-order valence-electron chi connectivity index (χ2n) is 3.24. The summed E-state index contributed by atoms with van der Waals surface area (Å²) < 4.78 is 1.48. The summed E-state index contributed by atoms with van der Waals surface area (Å²) in [6, 6.07) is 13.5. The zero-order chi connectivity index (χ0) is 11.5. The molecule has 0 aliphatic heterocycles. The van der Waals surface area contributed by atoms with Crippen LogP contribution in [0.1, 0.15) is 5.56 Å². The number of rotatable bonds is 1. The van der Waals surface area contributed by atoms with Gasteiger partial charge < -0.3 is 4.98 Å². The topological polar surface area (TPSA) is 39.6 Å². The van der Waals surface area contributed by atoms with E-state index in [4.69, 9.17) is 17.5 Å². The largest absolute Gasteiger partial charge is 0.345 e. The molecule has 0 amide bonds. The summed E-state index contributed by atoms with van der Waals surface area (Å²) in [5.74, 6) is 0. The highest BCUT2D eigenvalue weighted by Crippen LogP contribution is 2.21. The van der Waals surface area contributed by atoms with Crippen LogP contribution in [0, 0.1) is 16.0 Å². The molecular weight excluding hydrogens is 284 g/mol. The fraction of sp³-hybridized carbons (Fsp3) is 0. The van der Waals surface area contributed by atoms with Crippen molar-refractivity contribution in [2.45, 2.75) is 0 Å². The van der Waals surface area contributed by atoms with E-state index in [1.165, 1.54) is 0 Å². The molecule has 1 N–H and O–H groups in total. The summed E-state index contributed by atoms with van der Waals surface area (Å²) in [5, 5.41) is 8.78. The standard InChI is InChI=1S/C12H7BrN2S/c13-10-3-1-2-8(6-10)11-5-4-9(7-14)12(16)15-11/h1-6H,(H,15,16). The number of aromatic nitrogens is 1. The molecule has 0 spiro atoms. The molecule has 0 aliphatic carbocycles. The molecule has 78 valence electrons. The van der Waals surface area contributed by atoms with Gasteiger partial charge in [-0.1, -0.05) is 40.3 Å². The lowest BCUT2D eigenvalue weighted by Gasteiger charge is -2.02. The van der Waals surface area contributed by atoms with Crippen LogP contribution in [0.25, 0.3) is 11.3 Å². The number of aromatic amines is 1. The predicted octanol–water partition coefficient (Wildman–Crippen LogP) is 4.05. The van der Waals surface area contributed by atoms with Gasteiger partial charge in [-0.2, -0.15) is 5.26 Å². The number of hydrogen-bond acceptors (Lipinski definition) is 2. The minimum Gasteiger partial charge on any atom is -0.345 e. The summed E-state index contributed by atoms with van der Waals surface area (Å²) in [4.78, 5) is 3.04. The molecule has 1 aromatic carbocycles. The third-order valence-corrected chi connectivity index (χ3v) is 2.98. The van der Waals surface area contributed by atoms with E-state index in [0.29, 0.717) is 10.2 Å². The fourth-order valence-electron chi connectivity index (χ4n) is 1.39. The molecule has 16 heavy (non-hydrogen) atoms. The zero-order valence-corrected chi connectivity index (χ0v) is 10.6. The van der Waals surface area contributed by atoms with Gasteiger partial charge in [-0.3, -0.25) is 0 Å². The van der Waals surface area contributed by atoms with Crippen LogP contribution < -0.4 is 0 Å². The average Bonchev–Trinajstić information content (AvgIpc) is 2.29. The summed E-state index contributed by atoms with van der Waals surface area (Å²) >= 11 is 8.50. The molecule has 0 bridgehead atoms. The Morgan fingerprint density at radius 3 is 2.69 bits per heavy atom. The van der Waals surface area contributed by atoms with E-state index in [1.807, 2.05) is 36.4 Å². The Labute approximate surface area is 107 Å². The molecule has 2 aromatic rings. The Balaban J connectivity index is 2.55. The van der Waals surface area contributed by atoms with E-state index in [1.54, 1.807) is 6.07 Å². The monoisotopic (exact) mass is 290 g/mol. The van der Waals surface area contributed by atoms with Crippen molar-refractivity contribution >= 4 is 28.1 Å². The molecule has 0 atom stereocenters. The second kappa shape index (κ2) is 4.60. The number of H-pyrrole nitrogens is 1. The van der Waals surface area contributed by atoms with Crippen LogP contribution in [0.4, 0.5) is 0 Å². The minimum atomic E-state index is 0.472. The number of pyridine rings is 1. The predicted molar refractivity (Wildman–Crippen MR) is 69.5 cm³/mol. The van der Waals surface area contributed by atoms with Crippen molar-refractivity contribution in [3.05, 3.63) is 51.1 Å². The van der Waals surface area contributed by atoms with Crippen LogP contribution in [-0.4, -0.2) is 4.98 Å². The normalized spacial score (nSPS) is 9.75. The number of benzene rings is 1. The van der Waals surface area contributed by atoms with Crippen molar-refractivity contribution in [1.29, 1.82) is 5.26 Å². The molecular formula is C12H7BrN2S. The molecule has 1 aromatic heterocycles. The average molecular weight is 291 g/mol. The summed E-state index contributed by atoms with van der Waals surface area (Å²) in [6.45, 7) is 0. The molecule has 0 radical (unpaired) electrons. The number of halogens is 1. The van der Waals surface area contributed by atoms with Gasteiger partial charge in [0.25, 0.3) is 0 Å². The molecule has 4 heteroatoms. The molecule has 0 saturated heterocycles. The van der Waals surface area contributed by atoms with E-state index >= 15 is 0 Å². The van der Waals surface area contributed by atoms with E-state index < -0.39 is 0 Å². The van der Waals surface area contributed by atoms with Gasteiger partial charge in [0, 0.05) is 10.2 Å². The second-order valence-corrected chi connectivity index (χ2v) is 4.56. The maximum atomic E-state index is 8.78. The van der Waals surface area contributed by atoms with Crippen LogP contribution in [-0.2, 0) is 0 Å². The van der Waals surface area contributed by atoms with Crippen molar-refractivity contribution in [2.75, 3.05) is 0 Å². The third kappa shape index (κ3) is 2.21. The van der Waals surface area contributed by atoms with Crippen LogP contribution in [0.15, 0.2) is 40.9 Å². The number of hydrogen-bond donors (Lipinski definition) is 1. The van der Waals surface area contributed by atoms with Gasteiger partial charge in [0.15, 0.2) is 0 Å². The van der Waals surface area contributed by atoms with Gasteiger partial charge in [0.2, 0.25) is 0 Å². The first kappa shape index (κ1) is 11.1. The lowest BCUT2D eigenvalue weighted by Crippen LogP contribution is -1.87. The highest BCUT2D eigenvalue weighted by atomic mass is 79.9. The SMILES string of the molecule is N#Cc1ccc(-c2cccc(Br)c2)[nH]c1=S. The van der Waals surface area contributed by atoms with Crippen LogP contribution >= 0.6 is 28.1 Å². The number of nitrogens with one attached hydrogen (secondary N) is 1. The van der Waals surface area contributed by atoms with E-state index in [0.717, 1.165) is 15.7 Å². The van der Waals surface area contributed by atoms with E-state index in [9.17, 15) is 0 Å². The Morgan fingerprint density at radius 1 is 1.25 bits per heavy atom. The smallest absolute Gasteiger partial charge is 0.121 e. The first-order valence-electron chi connectivity index (χ1n) is 4.60. The van der Waals surface area contributed by atoms with Crippen molar-refractivity contribution in [1.82, 2.24) is 4.98 Å². The molecule has 1 heterocycles. The van der Waals surface area contributed by atoms with Crippen molar-refractivity contribution in [3.8, 4) is 17.3 Å². The molecule has 0 saturated carbocycles.